The third kappa shape index (κ3) is 3.27. The summed E-state index contributed by atoms with van der Waals surface area (Å²) in [4.78, 5) is 6.48. The lowest BCUT2D eigenvalue weighted by molar-refractivity contribution is 0.662. The molecule has 1 aromatic rings. The van der Waals surface area contributed by atoms with Crippen molar-refractivity contribution in [1.82, 2.24) is 4.98 Å². The van der Waals surface area contributed by atoms with Crippen LogP contribution in [0, 0.1) is 0 Å². The predicted molar refractivity (Wildman–Crippen MR) is 66.4 cm³/mol. The largest absolute Gasteiger partial charge is 0.399 e. The summed E-state index contributed by atoms with van der Waals surface area (Å²) in [5, 5.41) is 0.451. The van der Waals surface area contributed by atoms with E-state index in [0.29, 0.717) is 16.9 Å². The van der Waals surface area contributed by atoms with E-state index in [1.807, 2.05) is 6.07 Å². The first-order valence-electron chi connectivity index (χ1n) is 5.24. The maximum atomic E-state index is 5.88. The summed E-state index contributed by atoms with van der Waals surface area (Å²) < 4.78 is 0. The van der Waals surface area contributed by atoms with Gasteiger partial charge in [0.15, 0.2) is 0 Å². The molecule has 15 heavy (non-hydrogen) atoms. The third-order valence-corrected chi connectivity index (χ3v) is 2.38. The number of halogens is 1. The molecule has 4 heteroatoms. The number of nitrogens with zero attached hydrogens (tertiary/aromatic N) is 2. The monoisotopic (exact) mass is 227 g/mol. The highest BCUT2D eigenvalue weighted by Gasteiger charge is 2.11. The topological polar surface area (TPSA) is 42.1 Å². The highest BCUT2D eigenvalue weighted by molar-refractivity contribution is 6.29. The molecule has 0 atom stereocenters. The fourth-order valence-corrected chi connectivity index (χ4v) is 1.74. The van der Waals surface area contributed by atoms with Crippen LogP contribution < -0.4 is 10.6 Å². The number of rotatable bonds is 4. The molecule has 1 rings (SSSR count). The van der Waals surface area contributed by atoms with E-state index in [9.17, 15) is 0 Å². The van der Waals surface area contributed by atoms with Crippen molar-refractivity contribution < 1.29 is 0 Å². The molecule has 0 radical (unpaired) electrons. The van der Waals surface area contributed by atoms with Gasteiger partial charge >= 0.3 is 0 Å². The molecule has 1 aromatic heterocycles. The van der Waals surface area contributed by atoms with Crippen molar-refractivity contribution >= 4 is 23.1 Å². The van der Waals surface area contributed by atoms with E-state index in [2.05, 4.69) is 30.7 Å². The molecular formula is C11H18ClN3. The van der Waals surface area contributed by atoms with Gasteiger partial charge in [0.05, 0.1) is 0 Å². The zero-order valence-electron chi connectivity index (χ0n) is 9.50. The summed E-state index contributed by atoms with van der Waals surface area (Å²) in [5.74, 6) is 0.858. The van der Waals surface area contributed by atoms with E-state index in [-0.39, 0.29) is 0 Å². The molecular weight excluding hydrogens is 210 g/mol. The number of hydrogen-bond donors (Lipinski definition) is 1. The minimum atomic E-state index is 0.398. The zero-order valence-corrected chi connectivity index (χ0v) is 10.3. The number of nitrogen functional groups attached to an aromatic ring is 1. The van der Waals surface area contributed by atoms with Crippen molar-refractivity contribution in [3.8, 4) is 0 Å². The van der Waals surface area contributed by atoms with Gasteiger partial charge in [-0.2, -0.15) is 0 Å². The van der Waals surface area contributed by atoms with Gasteiger partial charge in [0.25, 0.3) is 0 Å². The van der Waals surface area contributed by atoms with Gasteiger partial charge < -0.3 is 10.6 Å². The Kier molecular flexibility index (Phi) is 4.21. The molecule has 2 N–H and O–H groups in total. The molecule has 0 aromatic carbocycles. The maximum absolute atomic E-state index is 5.88. The fraction of sp³-hybridized carbons (Fsp3) is 0.545. The van der Waals surface area contributed by atoms with Gasteiger partial charge in [-0.25, -0.2) is 4.98 Å². The van der Waals surface area contributed by atoms with Gasteiger partial charge in [-0.3, -0.25) is 0 Å². The molecule has 0 amide bonds. The second kappa shape index (κ2) is 5.21. The van der Waals surface area contributed by atoms with Crippen LogP contribution in [0.15, 0.2) is 12.1 Å². The Hall–Kier alpha value is -0.960. The van der Waals surface area contributed by atoms with Gasteiger partial charge in [0.2, 0.25) is 0 Å². The van der Waals surface area contributed by atoms with Crippen LogP contribution in [0.5, 0.6) is 0 Å². The van der Waals surface area contributed by atoms with Gasteiger partial charge in [-0.15, -0.1) is 0 Å². The SMILES string of the molecule is CCCN(c1cc(N)cc(Cl)n1)C(C)C. The highest BCUT2D eigenvalue weighted by Crippen LogP contribution is 2.21. The normalized spacial score (nSPS) is 10.7. The Morgan fingerprint density at radius 1 is 1.47 bits per heavy atom. The molecule has 0 unspecified atom stereocenters. The van der Waals surface area contributed by atoms with Crippen molar-refractivity contribution in [3.05, 3.63) is 17.3 Å². The van der Waals surface area contributed by atoms with Crippen molar-refractivity contribution in [1.29, 1.82) is 0 Å². The number of aromatic nitrogens is 1. The number of hydrogen-bond acceptors (Lipinski definition) is 3. The van der Waals surface area contributed by atoms with Crippen molar-refractivity contribution in [2.45, 2.75) is 33.2 Å². The van der Waals surface area contributed by atoms with Crippen LogP contribution in [0.3, 0.4) is 0 Å². The number of nitrogens with two attached hydrogens (primary N) is 1. The van der Waals surface area contributed by atoms with Gasteiger partial charge in [-0.05, 0) is 26.3 Å². The summed E-state index contributed by atoms with van der Waals surface area (Å²) in [7, 11) is 0. The van der Waals surface area contributed by atoms with Crippen LogP contribution in [-0.4, -0.2) is 17.6 Å². The quantitative estimate of drug-likeness (QED) is 0.805. The second-order valence-electron chi connectivity index (χ2n) is 3.87. The van der Waals surface area contributed by atoms with Gasteiger partial charge in [-0.1, -0.05) is 18.5 Å². The first kappa shape index (κ1) is 12.1. The molecule has 0 aliphatic carbocycles. The maximum Gasteiger partial charge on any atom is 0.133 e. The standard InChI is InChI=1S/C11H18ClN3/c1-4-5-15(8(2)3)11-7-9(13)6-10(12)14-11/h6-8H,4-5H2,1-3H3,(H2,13,14). The van der Waals surface area contributed by atoms with E-state index in [4.69, 9.17) is 17.3 Å². The van der Waals surface area contributed by atoms with Gasteiger partial charge in [0.1, 0.15) is 11.0 Å². The van der Waals surface area contributed by atoms with Crippen molar-refractivity contribution in [2.24, 2.45) is 0 Å². The third-order valence-electron chi connectivity index (χ3n) is 2.19. The van der Waals surface area contributed by atoms with Crippen LogP contribution in [0.25, 0.3) is 0 Å². The van der Waals surface area contributed by atoms with Crippen LogP contribution in [0.2, 0.25) is 5.15 Å². The first-order chi connectivity index (χ1) is 7.04. The first-order valence-corrected chi connectivity index (χ1v) is 5.62. The zero-order chi connectivity index (χ0) is 11.4. The lowest BCUT2D eigenvalue weighted by Gasteiger charge is -2.27. The van der Waals surface area contributed by atoms with E-state index in [0.717, 1.165) is 18.8 Å². The second-order valence-corrected chi connectivity index (χ2v) is 4.26. The van der Waals surface area contributed by atoms with Crippen molar-refractivity contribution in [3.63, 3.8) is 0 Å². The summed E-state index contributed by atoms with van der Waals surface area (Å²) in [5.41, 5.74) is 6.40. The van der Waals surface area contributed by atoms with Crippen LogP contribution in [0.1, 0.15) is 27.2 Å². The molecule has 0 bridgehead atoms. The smallest absolute Gasteiger partial charge is 0.133 e. The van der Waals surface area contributed by atoms with Crippen LogP contribution in [-0.2, 0) is 0 Å². The molecule has 84 valence electrons. The Morgan fingerprint density at radius 3 is 2.60 bits per heavy atom. The Bertz CT molecular complexity index is 305. The lowest BCUT2D eigenvalue weighted by atomic mass is 10.2. The number of pyridine rings is 1. The van der Waals surface area contributed by atoms with E-state index < -0.39 is 0 Å². The van der Waals surface area contributed by atoms with E-state index in [1.165, 1.54) is 0 Å². The predicted octanol–water partition coefficient (Wildman–Crippen LogP) is 2.94. The molecule has 0 saturated heterocycles. The Morgan fingerprint density at radius 2 is 2.13 bits per heavy atom. The van der Waals surface area contributed by atoms with Gasteiger partial charge in [0, 0.05) is 24.3 Å². The molecule has 1 heterocycles. The summed E-state index contributed by atoms with van der Waals surface area (Å²) >= 11 is 5.88. The van der Waals surface area contributed by atoms with E-state index in [1.54, 1.807) is 6.07 Å². The molecule has 0 aliphatic rings. The van der Waals surface area contributed by atoms with E-state index >= 15 is 0 Å². The summed E-state index contributed by atoms with van der Waals surface area (Å²) in [6.07, 6.45) is 1.08. The average Bonchev–Trinajstić information content (AvgIpc) is 2.11. The summed E-state index contributed by atoms with van der Waals surface area (Å²) in [6, 6.07) is 3.92. The molecule has 3 nitrogen and oxygen atoms in total. The Balaban J connectivity index is 2.99. The molecule has 0 saturated carbocycles. The fourth-order valence-electron chi connectivity index (χ4n) is 1.53. The number of anilines is 2. The minimum absolute atomic E-state index is 0.398. The molecule has 0 spiro atoms. The summed E-state index contributed by atoms with van der Waals surface area (Å²) in [6.45, 7) is 7.37. The highest BCUT2D eigenvalue weighted by atomic mass is 35.5. The van der Waals surface area contributed by atoms with Crippen LogP contribution >= 0.6 is 11.6 Å². The van der Waals surface area contributed by atoms with Crippen LogP contribution in [0.4, 0.5) is 11.5 Å². The molecule has 0 aliphatic heterocycles. The lowest BCUT2D eigenvalue weighted by Crippen LogP contribution is -2.32. The minimum Gasteiger partial charge on any atom is -0.399 e. The van der Waals surface area contributed by atoms with Crippen molar-refractivity contribution in [2.75, 3.05) is 17.2 Å². The Labute approximate surface area is 96.2 Å². The average molecular weight is 228 g/mol. The molecule has 0 fully saturated rings.